The molecule has 0 unspecified atom stereocenters. The van der Waals surface area contributed by atoms with Crippen LogP contribution in [0.25, 0.3) is 0 Å². The lowest BCUT2D eigenvalue weighted by Gasteiger charge is -2.17. The highest BCUT2D eigenvalue weighted by Gasteiger charge is 2.43. The van der Waals surface area contributed by atoms with Crippen LogP contribution in [0, 0.1) is 0 Å². The van der Waals surface area contributed by atoms with Crippen molar-refractivity contribution in [3.63, 3.8) is 0 Å². The van der Waals surface area contributed by atoms with E-state index >= 15 is 0 Å². The topological polar surface area (TPSA) is 61.3 Å². The van der Waals surface area contributed by atoms with E-state index in [2.05, 4.69) is 4.74 Å². The van der Waals surface area contributed by atoms with Crippen LogP contribution in [-0.2, 0) is 0 Å². The molecule has 0 spiro atoms. The van der Waals surface area contributed by atoms with Crippen LogP contribution in [0.2, 0.25) is 0 Å². The third-order valence-electron chi connectivity index (χ3n) is 2.29. The van der Waals surface area contributed by atoms with E-state index in [0.717, 1.165) is 0 Å². The van der Waals surface area contributed by atoms with Crippen LogP contribution in [-0.4, -0.2) is 19.1 Å². The predicted octanol–water partition coefficient (Wildman–Crippen LogP) is 2.69. The largest absolute Gasteiger partial charge is 0.461 e. The minimum absolute atomic E-state index is 0. The SMILES string of the molecule is Cl.NCC[C@H](N)c1ccc(OC(F)(F)C(F)F)cc1. The summed E-state index contributed by atoms with van der Waals surface area (Å²) in [6.07, 6.45) is -7.84. The Kier molecular flexibility index (Phi) is 7.10. The molecule has 0 aliphatic rings. The Labute approximate surface area is 114 Å². The summed E-state index contributed by atoms with van der Waals surface area (Å²) in [4.78, 5) is 0. The quantitative estimate of drug-likeness (QED) is 0.794. The number of ether oxygens (including phenoxy) is 1. The molecular weight excluding hydrogens is 288 g/mol. The molecule has 0 amide bonds. The molecule has 0 bridgehead atoms. The number of benzene rings is 1. The van der Waals surface area contributed by atoms with E-state index in [1.807, 2.05) is 0 Å². The molecule has 0 radical (unpaired) electrons. The van der Waals surface area contributed by atoms with E-state index in [4.69, 9.17) is 11.5 Å². The fourth-order valence-electron chi connectivity index (χ4n) is 1.33. The lowest BCUT2D eigenvalue weighted by atomic mass is 10.0. The Balaban J connectivity index is 0.00000324. The first-order chi connectivity index (χ1) is 8.36. The lowest BCUT2D eigenvalue weighted by Crippen LogP contribution is -2.33. The van der Waals surface area contributed by atoms with Gasteiger partial charge in [0.2, 0.25) is 0 Å². The van der Waals surface area contributed by atoms with Crippen molar-refractivity contribution in [2.24, 2.45) is 11.5 Å². The molecule has 4 N–H and O–H groups in total. The smallest absolute Gasteiger partial charge is 0.428 e. The van der Waals surface area contributed by atoms with Gasteiger partial charge in [-0.1, -0.05) is 12.1 Å². The molecule has 0 heterocycles. The van der Waals surface area contributed by atoms with Gasteiger partial charge in [-0.05, 0) is 30.7 Å². The zero-order valence-electron chi connectivity index (χ0n) is 9.86. The summed E-state index contributed by atoms with van der Waals surface area (Å²) >= 11 is 0. The Morgan fingerprint density at radius 3 is 2.11 bits per heavy atom. The molecule has 0 aliphatic heterocycles. The number of hydrogen-bond acceptors (Lipinski definition) is 3. The molecule has 0 aliphatic carbocycles. The van der Waals surface area contributed by atoms with E-state index in [1.54, 1.807) is 0 Å². The summed E-state index contributed by atoms with van der Waals surface area (Å²) in [7, 11) is 0. The van der Waals surface area contributed by atoms with Crippen LogP contribution in [0.1, 0.15) is 18.0 Å². The Hall–Kier alpha value is -1.05. The summed E-state index contributed by atoms with van der Waals surface area (Å²) in [6, 6.07) is 4.90. The van der Waals surface area contributed by atoms with Gasteiger partial charge in [-0.25, -0.2) is 0 Å². The molecule has 0 saturated heterocycles. The third kappa shape index (κ3) is 5.22. The average molecular weight is 303 g/mol. The number of alkyl halides is 4. The van der Waals surface area contributed by atoms with Crippen molar-refractivity contribution in [1.29, 1.82) is 0 Å². The summed E-state index contributed by atoms with van der Waals surface area (Å²) < 4.78 is 52.9. The zero-order chi connectivity index (χ0) is 13.8. The minimum Gasteiger partial charge on any atom is -0.428 e. The molecule has 0 aromatic heterocycles. The van der Waals surface area contributed by atoms with Crippen molar-refractivity contribution in [2.75, 3.05) is 6.54 Å². The van der Waals surface area contributed by atoms with Gasteiger partial charge in [0.15, 0.2) is 0 Å². The zero-order valence-corrected chi connectivity index (χ0v) is 10.7. The fourth-order valence-corrected chi connectivity index (χ4v) is 1.33. The van der Waals surface area contributed by atoms with Gasteiger partial charge in [-0.2, -0.15) is 17.6 Å². The molecule has 110 valence electrons. The van der Waals surface area contributed by atoms with Gasteiger partial charge in [-0.15, -0.1) is 12.4 Å². The van der Waals surface area contributed by atoms with Crippen LogP contribution in [0.4, 0.5) is 17.6 Å². The molecule has 19 heavy (non-hydrogen) atoms. The second kappa shape index (κ2) is 7.52. The molecule has 1 aromatic carbocycles. The molecule has 1 rings (SSSR count). The normalized spacial score (nSPS) is 13.0. The standard InChI is InChI=1S/C11H14F4N2O.ClH/c12-10(13)11(14,15)18-8-3-1-7(2-4-8)9(17)5-6-16;/h1-4,9-10H,5-6,16-17H2;1H/t9-;/m0./s1. The Morgan fingerprint density at radius 1 is 1.16 bits per heavy atom. The van der Waals surface area contributed by atoms with E-state index in [9.17, 15) is 17.6 Å². The van der Waals surface area contributed by atoms with Gasteiger partial charge < -0.3 is 16.2 Å². The van der Waals surface area contributed by atoms with Crippen LogP contribution in [0.5, 0.6) is 5.75 Å². The molecule has 1 aromatic rings. The van der Waals surface area contributed by atoms with Crippen LogP contribution in [0.15, 0.2) is 24.3 Å². The van der Waals surface area contributed by atoms with Crippen LogP contribution in [0.3, 0.4) is 0 Å². The highest BCUT2D eigenvalue weighted by atomic mass is 35.5. The fraction of sp³-hybridized carbons (Fsp3) is 0.455. The van der Waals surface area contributed by atoms with Crippen LogP contribution < -0.4 is 16.2 Å². The van der Waals surface area contributed by atoms with E-state index in [1.165, 1.54) is 24.3 Å². The second-order valence-corrected chi connectivity index (χ2v) is 3.72. The summed E-state index contributed by atoms with van der Waals surface area (Å²) in [6.45, 7) is 0.392. The van der Waals surface area contributed by atoms with Crippen molar-refractivity contribution in [3.05, 3.63) is 29.8 Å². The summed E-state index contributed by atoms with van der Waals surface area (Å²) in [5.41, 5.74) is 11.7. The van der Waals surface area contributed by atoms with Gasteiger partial charge in [0.1, 0.15) is 5.75 Å². The van der Waals surface area contributed by atoms with Gasteiger partial charge in [-0.3, -0.25) is 0 Å². The van der Waals surface area contributed by atoms with Gasteiger partial charge in [0.25, 0.3) is 0 Å². The first-order valence-electron chi connectivity index (χ1n) is 5.27. The van der Waals surface area contributed by atoms with Crippen LogP contribution >= 0.6 is 12.4 Å². The number of halogens is 5. The highest BCUT2D eigenvalue weighted by Crippen LogP contribution is 2.28. The maximum absolute atomic E-state index is 12.6. The third-order valence-corrected chi connectivity index (χ3v) is 2.29. The highest BCUT2D eigenvalue weighted by molar-refractivity contribution is 5.85. The van der Waals surface area contributed by atoms with Crippen molar-refractivity contribution in [1.82, 2.24) is 0 Å². The minimum atomic E-state index is -4.50. The van der Waals surface area contributed by atoms with Crippen molar-refractivity contribution in [2.45, 2.75) is 25.0 Å². The second-order valence-electron chi connectivity index (χ2n) is 3.72. The molecule has 1 atom stereocenters. The average Bonchev–Trinajstić information content (AvgIpc) is 2.29. The van der Waals surface area contributed by atoms with Crippen molar-refractivity contribution in [3.8, 4) is 5.75 Å². The molecule has 0 fully saturated rings. The molecule has 3 nitrogen and oxygen atoms in total. The lowest BCUT2D eigenvalue weighted by molar-refractivity contribution is -0.253. The molecule has 0 saturated carbocycles. The Bertz CT molecular complexity index is 375. The van der Waals surface area contributed by atoms with Gasteiger partial charge in [0.05, 0.1) is 0 Å². The van der Waals surface area contributed by atoms with E-state index in [-0.39, 0.29) is 24.2 Å². The van der Waals surface area contributed by atoms with Gasteiger partial charge in [0, 0.05) is 6.04 Å². The van der Waals surface area contributed by atoms with Crippen molar-refractivity contribution < 1.29 is 22.3 Å². The number of rotatable bonds is 6. The van der Waals surface area contributed by atoms with Gasteiger partial charge >= 0.3 is 12.5 Å². The monoisotopic (exact) mass is 302 g/mol. The van der Waals surface area contributed by atoms with E-state index in [0.29, 0.717) is 18.5 Å². The number of hydrogen-bond donors (Lipinski definition) is 2. The van der Waals surface area contributed by atoms with Crippen molar-refractivity contribution >= 4 is 12.4 Å². The summed E-state index contributed by atoms with van der Waals surface area (Å²) in [5, 5.41) is 0. The Morgan fingerprint density at radius 2 is 1.68 bits per heavy atom. The first kappa shape index (κ1) is 17.9. The molecular formula is C11H15ClF4N2O. The maximum Gasteiger partial charge on any atom is 0.461 e. The maximum atomic E-state index is 12.6. The van der Waals surface area contributed by atoms with E-state index < -0.39 is 12.5 Å². The predicted molar refractivity (Wildman–Crippen MR) is 65.9 cm³/mol. The summed E-state index contributed by atoms with van der Waals surface area (Å²) in [5.74, 6) is -0.344. The molecule has 8 heteroatoms. The first-order valence-corrected chi connectivity index (χ1v) is 5.27. The number of nitrogens with two attached hydrogens (primary N) is 2.